The molecule has 0 N–H and O–H groups in total. The van der Waals surface area contributed by atoms with Crippen LogP contribution < -0.4 is 4.90 Å². The number of benzene rings is 1. The molecule has 0 aliphatic heterocycles. The number of rotatable bonds is 2. The van der Waals surface area contributed by atoms with Gasteiger partial charge in [0.25, 0.3) is 0 Å². The fraction of sp³-hybridized carbons (Fsp3) is 0.286. The molecule has 0 radical (unpaired) electrons. The third-order valence-corrected chi connectivity index (χ3v) is 3.84. The van der Waals surface area contributed by atoms with Gasteiger partial charge in [0, 0.05) is 12.7 Å². The molecule has 2 aromatic rings. The van der Waals surface area contributed by atoms with E-state index in [1.54, 1.807) is 6.20 Å². The molecule has 1 aromatic heterocycles. The summed E-state index contributed by atoms with van der Waals surface area (Å²) in [5.74, 6) is 0. The van der Waals surface area contributed by atoms with E-state index < -0.39 is 0 Å². The lowest BCUT2D eigenvalue weighted by atomic mass is 10.0. The molecule has 0 fully saturated rings. The number of hydrogen-bond donors (Lipinski definition) is 0. The zero-order valence-electron chi connectivity index (χ0n) is 11.0. The summed E-state index contributed by atoms with van der Waals surface area (Å²) in [7, 11) is 1.99. The fourth-order valence-electron chi connectivity index (χ4n) is 2.27. The second-order valence-corrected chi connectivity index (χ2v) is 5.43. The predicted octanol–water partition coefficient (Wildman–Crippen LogP) is 3.71. The highest BCUT2D eigenvalue weighted by Gasteiger charge is 2.13. The van der Waals surface area contributed by atoms with Crippen molar-refractivity contribution in [1.29, 1.82) is 5.26 Å². The van der Waals surface area contributed by atoms with Gasteiger partial charge in [0.2, 0.25) is 0 Å². The van der Waals surface area contributed by atoms with Crippen LogP contribution in [0, 0.1) is 32.1 Å². The third-order valence-electron chi connectivity index (χ3n) is 2.86. The highest BCUT2D eigenvalue weighted by atomic mass is 32.1. The average Bonchev–Trinajstić information content (AvgIpc) is 2.75. The van der Waals surface area contributed by atoms with Crippen LogP contribution in [0.2, 0.25) is 0 Å². The van der Waals surface area contributed by atoms with E-state index in [4.69, 9.17) is 5.26 Å². The summed E-state index contributed by atoms with van der Waals surface area (Å²) in [5, 5.41) is 9.70. The van der Waals surface area contributed by atoms with Crippen molar-refractivity contribution in [2.24, 2.45) is 0 Å². The number of nitriles is 1. The quantitative estimate of drug-likeness (QED) is 0.823. The highest BCUT2D eigenvalue weighted by Crippen LogP contribution is 2.33. The van der Waals surface area contributed by atoms with Crippen LogP contribution in [0.15, 0.2) is 18.3 Å². The smallest absolute Gasteiger partial charge is 0.190 e. The monoisotopic (exact) mass is 257 g/mol. The Kier molecular flexibility index (Phi) is 3.35. The van der Waals surface area contributed by atoms with Gasteiger partial charge in [0.1, 0.15) is 10.9 Å². The minimum atomic E-state index is 0.638. The van der Waals surface area contributed by atoms with E-state index in [2.05, 4.69) is 48.9 Å². The second-order valence-electron chi connectivity index (χ2n) is 4.43. The Bertz CT molecular complexity index is 599. The molecule has 1 aromatic carbocycles. The van der Waals surface area contributed by atoms with Gasteiger partial charge in [-0.25, -0.2) is 4.98 Å². The average molecular weight is 257 g/mol. The van der Waals surface area contributed by atoms with Gasteiger partial charge in [-0.05, 0) is 31.9 Å². The molecule has 0 saturated carbocycles. The van der Waals surface area contributed by atoms with E-state index in [0.29, 0.717) is 4.88 Å². The number of hydrogen-bond acceptors (Lipinski definition) is 4. The van der Waals surface area contributed by atoms with Gasteiger partial charge >= 0.3 is 0 Å². The standard InChI is InChI=1S/C14H15N3S/c1-9-5-10(2)13(11(3)6-9)17(4)14-16-8-12(7-15)18-14/h5-6,8H,1-4H3. The van der Waals surface area contributed by atoms with Gasteiger partial charge < -0.3 is 4.90 Å². The Morgan fingerprint density at radius 2 is 1.83 bits per heavy atom. The Labute approximate surface area is 111 Å². The lowest BCUT2D eigenvalue weighted by molar-refractivity contribution is 1.13. The van der Waals surface area contributed by atoms with E-state index in [0.717, 1.165) is 5.13 Å². The Morgan fingerprint density at radius 1 is 1.22 bits per heavy atom. The van der Waals surface area contributed by atoms with Crippen molar-refractivity contribution in [3.63, 3.8) is 0 Å². The molecule has 0 amide bonds. The van der Waals surface area contributed by atoms with Gasteiger partial charge in [0.15, 0.2) is 5.13 Å². The van der Waals surface area contributed by atoms with Crippen LogP contribution in [0.1, 0.15) is 21.6 Å². The molecule has 0 aliphatic carbocycles. The first-order valence-corrected chi connectivity index (χ1v) is 6.52. The normalized spacial score (nSPS) is 10.2. The van der Waals surface area contributed by atoms with Crippen LogP contribution >= 0.6 is 11.3 Å². The number of thiazole rings is 1. The molecule has 18 heavy (non-hydrogen) atoms. The van der Waals surface area contributed by atoms with Crippen LogP contribution in [0.4, 0.5) is 10.8 Å². The van der Waals surface area contributed by atoms with E-state index >= 15 is 0 Å². The molecule has 0 spiro atoms. The first-order chi connectivity index (χ1) is 8.52. The van der Waals surface area contributed by atoms with Crippen LogP contribution in [0.3, 0.4) is 0 Å². The molecule has 0 bridgehead atoms. The summed E-state index contributed by atoms with van der Waals surface area (Å²) in [4.78, 5) is 6.98. The van der Waals surface area contributed by atoms with Crippen LogP contribution in [0.25, 0.3) is 0 Å². The van der Waals surface area contributed by atoms with Crippen molar-refractivity contribution in [2.75, 3.05) is 11.9 Å². The molecular formula is C14H15N3S. The second kappa shape index (κ2) is 4.79. The summed E-state index contributed by atoms with van der Waals surface area (Å²) in [5.41, 5.74) is 4.88. The van der Waals surface area contributed by atoms with E-state index in [1.165, 1.54) is 33.7 Å². The van der Waals surface area contributed by atoms with Crippen molar-refractivity contribution in [3.8, 4) is 6.07 Å². The summed E-state index contributed by atoms with van der Waals surface area (Å²) >= 11 is 1.41. The van der Waals surface area contributed by atoms with E-state index in [1.807, 2.05) is 7.05 Å². The zero-order valence-corrected chi connectivity index (χ0v) is 11.8. The minimum absolute atomic E-state index is 0.638. The SMILES string of the molecule is Cc1cc(C)c(N(C)c2ncc(C#N)s2)c(C)c1. The Hall–Kier alpha value is -1.86. The molecule has 0 unspecified atom stereocenters. The van der Waals surface area contributed by atoms with Crippen LogP contribution in [-0.4, -0.2) is 12.0 Å². The largest absolute Gasteiger partial charge is 0.320 e. The number of nitrogens with zero attached hydrogens (tertiary/aromatic N) is 3. The van der Waals surface area contributed by atoms with Crippen LogP contribution in [-0.2, 0) is 0 Å². The Balaban J connectivity index is 2.46. The van der Waals surface area contributed by atoms with Crippen molar-refractivity contribution in [2.45, 2.75) is 20.8 Å². The summed E-state index contributed by atoms with van der Waals surface area (Å²) < 4.78 is 0. The van der Waals surface area contributed by atoms with Gasteiger partial charge in [-0.3, -0.25) is 0 Å². The highest BCUT2D eigenvalue weighted by molar-refractivity contribution is 7.16. The number of aryl methyl sites for hydroxylation is 3. The molecule has 0 atom stereocenters. The fourth-order valence-corrected chi connectivity index (χ4v) is 2.95. The summed E-state index contributed by atoms with van der Waals surface area (Å²) in [6, 6.07) is 6.45. The van der Waals surface area contributed by atoms with Gasteiger partial charge in [0.05, 0.1) is 6.20 Å². The summed E-state index contributed by atoms with van der Waals surface area (Å²) in [6.45, 7) is 6.30. The minimum Gasteiger partial charge on any atom is -0.320 e. The first-order valence-electron chi connectivity index (χ1n) is 5.70. The maximum absolute atomic E-state index is 8.85. The van der Waals surface area contributed by atoms with Crippen molar-refractivity contribution >= 4 is 22.2 Å². The van der Waals surface area contributed by atoms with Crippen molar-refractivity contribution in [3.05, 3.63) is 39.9 Å². The first kappa shape index (κ1) is 12.6. The predicted molar refractivity (Wildman–Crippen MR) is 75.5 cm³/mol. The maximum atomic E-state index is 8.85. The van der Waals surface area contributed by atoms with Gasteiger partial charge in [-0.15, -0.1) is 0 Å². The lowest BCUT2D eigenvalue weighted by Gasteiger charge is -2.21. The van der Waals surface area contributed by atoms with E-state index in [-0.39, 0.29) is 0 Å². The Morgan fingerprint density at radius 3 is 2.33 bits per heavy atom. The number of anilines is 2. The lowest BCUT2D eigenvalue weighted by Crippen LogP contribution is -2.12. The molecular weight excluding hydrogens is 242 g/mol. The van der Waals surface area contributed by atoms with Crippen molar-refractivity contribution in [1.82, 2.24) is 4.98 Å². The molecule has 0 aliphatic rings. The molecule has 3 nitrogen and oxygen atoms in total. The van der Waals surface area contributed by atoms with Crippen LogP contribution in [0.5, 0.6) is 0 Å². The van der Waals surface area contributed by atoms with E-state index in [9.17, 15) is 0 Å². The molecule has 0 saturated heterocycles. The zero-order chi connectivity index (χ0) is 13.3. The van der Waals surface area contributed by atoms with Crippen molar-refractivity contribution < 1.29 is 0 Å². The van der Waals surface area contributed by atoms with Gasteiger partial charge in [-0.1, -0.05) is 29.0 Å². The maximum Gasteiger partial charge on any atom is 0.190 e. The molecule has 1 heterocycles. The summed E-state index contributed by atoms with van der Waals surface area (Å²) in [6.07, 6.45) is 1.62. The van der Waals surface area contributed by atoms with Gasteiger partial charge in [-0.2, -0.15) is 5.26 Å². The number of aromatic nitrogens is 1. The third kappa shape index (κ3) is 2.22. The molecule has 4 heteroatoms. The molecule has 92 valence electrons. The molecule has 2 rings (SSSR count). The topological polar surface area (TPSA) is 39.9 Å².